The van der Waals surface area contributed by atoms with Gasteiger partial charge in [0, 0.05) is 24.0 Å². The molecule has 2 aromatic rings. The molecule has 96 valence electrons. The highest BCUT2D eigenvalue weighted by molar-refractivity contribution is 7.09. The molecular weight excluding hydrogens is 242 g/mol. The van der Waals surface area contributed by atoms with Crippen LogP contribution in [0.15, 0.2) is 29.6 Å². The minimum Gasteiger partial charge on any atom is -0.396 e. The lowest BCUT2D eigenvalue weighted by molar-refractivity contribution is 0.288. The SMILES string of the molecule is CC(C)c1ccc(-c2csc(CCCO)n2)cc1. The fourth-order valence-corrected chi connectivity index (χ4v) is 2.68. The summed E-state index contributed by atoms with van der Waals surface area (Å²) in [7, 11) is 0. The van der Waals surface area contributed by atoms with Crippen LogP contribution in [-0.2, 0) is 6.42 Å². The Morgan fingerprint density at radius 2 is 1.94 bits per heavy atom. The van der Waals surface area contributed by atoms with E-state index in [2.05, 4.69) is 48.5 Å². The normalized spacial score (nSPS) is 11.1. The number of rotatable bonds is 5. The molecule has 3 heteroatoms. The number of aromatic nitrogens is 1. The van der Waals surface area contributed by atoms with Gasteiger partial charge in [-0.05, 0) is 17.9 Å². The quantitative estimate of drug-likeness (QED) is 0.886. The smallest absolute Gasteiger partial charge is 0.0933 e. The molecule has 2 nitrogen and oxygen atoms in total. The standard InChI is InChI=1S/C15H19NOS/c1-11(2)12-5-7-13(8-6-12)14-10-18-15(16-14)4-3-9-17/h5-8,10-11,17H,3-4,9H2,1-2H3. The van der Waals surface area contributed by atoms with Gasteiger partial charge in [-0.15, -0.1) is 11.3 Å². The molecule has 0 saturated heterocycles. The van der Waals surface area contributed by atoms with Gasteiger partial charge in [0.05, 0.1) is 10.7 Å². The highest BCUT2D eigenvalue weighted by atomic mass is 32.1. The third-order valence-corrected chi connectivity index (χ3v) is 3.88. The number of aliphatic hydroxyl groups is 1. The van der Waals surface area contributed by atoms with E-state index in [1.807, 2.05) is 0 Å². The molecule has 0 bridgehead atoms. The lowest BCUT2D eigenvalue weighted by Gasteiger charge is -2.05. The predicted molar refractivity (Wildman–Crippen MR) is 77.0 cm³/mol. The first-order valence-electron chi connectivity index (χ1n) is 6.36. The molecule has 18 heavy (non-hydrogen) atoms. The van der Waals surface area contributed by atoms with Crippen LogP contribution < -0.4 is 0 Å². The highest BCUT2D eigenvalue weighted by Crippen LogP contribution is 2.24. The third kappa shape index (κ3) is 3.18. The average Bonchev–Trinajstić information content (AvgIpc) is 2.85. The van der Waals surface area contributed by atoms with Crippen LogP contribution in [0.3, 0.4) is 0 Å². The van der Waals surface area contributed by atoms with Gasteiger partial charge in [0.1, 0.15) is 0 Å². The Morgan fingerprint density at radius 1 is 1.22 bits per heavy atom. The van der Waals surface area contributed by atoms with Gasteiger partial charge in [-0.1, -0.05) is 38.1 Å². The number of nitrogens with zero attached hydrogens (tertiary/aromatic N) is 1. The van der Waals surface area contributed by atoms with Crippen molar-refractivity contribution in [2.24, 2.45) is 0 Å². The second kappa shape index (κ2) is 6.12. The van der Waals surface area contributed by atoms with Gasteiger partial charge >= 0.3 is 0 Å². The van der Waals surface area contributed by atoms with Crippen LogP contribution in [0.25, 0.3) is 11.3 Å². The summed E-state index contributed by atoms with van der Waals surface area (Å²) < 4.78 is 0. The molecule has 1 N–H and O–H groups in total. The summed E-state index contributed by atoms with van der Waals surface area (Å²) in [5.74, 6) is 0.564. The Hall–Kier alpha value is -1.19. The Labute approximate surface area is 112 Å². The van der Waals surface area contributed by atoms with E-state index < -0.39 is 0 Å². The summed E-state index contributed by atoms with van der Waals surface area (Å²) in [6, 6.07) is 8.62. The molecule has 0 aliphatic rings. The molecule has 0 fully saturated rings. The molecule has 0 radical (unpaired) electrons. The largest absolute Gasteiger partial charge is 0.396 e. The molecule has 0 atom stereocenters. The van der Waals surface area contributed by atoms with Gasteiger partial charge in [0.25, 0.3) is 0 Å². The fourth-order valence-electron chi connectivity index (χ4n) is 1.83. The third-order valence-electron chi connectivity index (χ3n) is 2.97. The van der Waals surface area contributed by atoms with Crippen LogP contribution in [0.5, 0.6) is 0 Å². The van der Waals surface area contributed by atoms with Gasteiger partial charge < -0.3 is 5.11 Å². The summed E-state index contributed by atoms with van der Waals surface area (Å²) in [4.78, 5) is 4.60. The zero-order valence-electron chi connectivity index (χ0n) is 10.9. The molecule has 0 aliphatic heterocycles. The summed E-state index contributed by atoms with van der Waals surface area (Å²) in [6.45, 7) is 4.63. The van der Waals surface area contributed by atoms with Crippen LogP contribution in [0.4, 0.5) is 0 Å². The second-order valence-electron chi connectivity index (χ2n) is 4.73. The lowest BCUT2D eigenvalue weighted by Crippen LogP contribution is -1.89. The zero-order valence-corrected chi connectivity index (χ0v) is 11.7. The van der Waals surface area contributed by atoms with E-state index >= 15 is 0 Å². The van der Waals surface area contributed by atoms with Crippen molar-refractivity contribution in [2.75, 3.05) is 6.61 Å². The molecule has 0 aliphatic carbocycles. The Bertz CT molecular complexity index is 487. The van der Waals surface area contributed by atoms with Crippen LogP contribution in [-0.4, -0.2) is 16.7 Å². The van der Waals surface area contributed by atoms with E-state index in [1.165, 1.54) is 11.1 Å². The molecule has 0 saturated carbocycles. The van der Waals surface area contributed by atoms with Crippen molar-refractivity contribution in [3.63, 3.8) is 0 Å². The van der Waals surface area contributed by atoms with Crippen molar-refractivity contribution in [3.8, 4) is 11.3 Å². The van der Waals surface area contributed by atoms with Crippen molar-refractivity contribution in [2.45, 2.75) is 32.6 Å². The molecule has 2 rings (SSSR count). The topological polar surface area (TPSA) is 33.1 Å². The molecule has 0 spiro atoms. The maximum atomic E-state index is 8.81. The minimum absolute atomic E-state index is 0.234. The monoisotopic (exact) mass is 261 g/mol. The number of thiazole rings is 1. The van der Waals surface area contributed by atoms with E-state index in [0.29, 0.717) is 5.92 Å². The van der Waals surface area contributed by atoms with Gasteiger partial charge in [-0.2, -0.15) is 0 Å². The van der Waals surface area contributed by atoms with Crippen LogP contribution >= 0.6 is 11.3 Å². The fraction of sp³-hybridized carbons (Fsp3) is 0.400. The van der Waals surface area contributed by atoms with Crippen molar-refractivity contribution >= 4 is 11.3 Å². The zero-order chi connectivity index (χ0) is 13.0. The highest BCUT2D eigenvalue weighted by Gasteiger charge is 2.05. The second-order valence-corrected chi connectivity index (χ2v) is 5.67. The van der Waals surface area contributed by atoms with Crippen molar-refractivity contribution < 1.29 is 5.11 Å². The summed E-state index contributed by atoms with van der Waals surface area (Å²) in [5, 5.41) is 12.0. The van der Waals surface area contributed by atoms with Crippen molar-refractivity contribution in [1.82, 2.24) is 4.98 Å². The Balaban J connectivity index is 2.13. The first-order chi connectivity index (χ1) is 8.70. The Morgan fingerprint density at radius 3 is 2.56 bits per heavy atom. The molecule has 0 unspecified atom stereocenters. The summed E-state index contributed by atoms with van der Waals surface area (Å²) in [6.07, 6.45) is 1.66. The minimum atomic E-state index is 0.234. The van der Waals surface area contributed by atoms with E-state index in [1.54, 1.807) is 11.3 Å². The van der Waals surface area contributed by atoms with Crippen molar-refractivity contribution in [1.29, 1.82) is 0 Å². The van der Waals surface area contributed by atoms with E-state index in [-0.39, 0.29) is 6.61 Å². The first kappa shape index (κ1) is 13.2. The number of aliphatic hydroxyl groups excluding tert-OH is 1. The molecule has 1 aromatic heterocycles. The predicted octanol–water partition coefficient (Wildman–Crippen LogP) is 3.86. The van der Waals surface area contributed by atoms with Gasteiger partial charge in [0.2, 0.25) is 0 Å². The van der Waals surface area contributed by atoms with Crippen LogP contribution in [0, 0.1) is 0 Å². The van der Waals surface area contributed by atoms with Crippen LogP contribution in [0.1, 0.15) is 36.8 Å². The van der Waals surface area contributed by atoms with Crippen molar-refractivity contribution in [3.05, 3.63) is 40.2 Å². The van der Waals surface area contributed by atoms with Gasteiger partial charge in [-0.25, -0.2) is 4.98 Å². The summed E-state index contributed by atoms with van der Waals surface area (Å²) in [5.41, 5.74) is 3.57. The number of hydrogen-bond acceptors (Lipinski definition) is 3. The maximum absolute atomic E-state index is 8.81. The first-order valence-corrected chi connectivity index (χ1v) is 7.24. The number of hydrogen-bond donors (Lipinski definition) is 1. The number of benzene rings is 1. The van der Waals surface area contributed by atoms with E-state index in [0.717, 1.165) is 23.5 Å². The molecular formula is C15H19NOS. The van der Waals surface area contributed by atoms with Gasteiger partial charge in [-0.3, -0.25) is 0 Å². The summed E-state index contributed by atoms with van der Waals surface area (Å²) >= 11 is 1.67. The maximum Gasteiger partial charge on any atom is 0.0933 e. The van der Waals surface area contributed by atoms with Gasteiger partial charge in [0.15, 0.2) is 0 Å². The lowest BCUT2D eigenvalue weighted by atomic mass is 10.0. The molecule has 1 heterocycles. The molecule has 1 aromatic carbocycles. The number of aryl methyl sites for hydroxylation is 1. The Kier molecular flexibility index (Phi) is 4.50. The average molecular weight is 261 g/mol. The van der Waals surface area contributed by atoms with Crippen LogP contribution in [0.2, 0.25) is 0 Å². The van der Waals surface area contributed by atoms with E-state index in [9.17, 15) is 0 Å². The van der Waals surface area contributed by atoms with E-state index in [4.69, 9.17) is 5.11 Å². The molecule has 0 amide bonds.